The summed E-state index contributed by atoms with van der Waals surface area (Å²) in [5, 5.41) is 0. The lowest BCUT2D eigenvalue weighted by atomic mass is 10.1. The Labute approximate surface area is 109 Å². The first-order valence-electron chi connectivity index (χ1n) is 5.69. The number of nitrogens with zero attached hydrogens (tertiary/aromatic N) is 2. The number of alkyl halides is 3. The molecule has 1 heterocycles. The number of imidazole rings is 1. The van der Waals surface area contributed by atoms with Gasteiger partial charge in [-0.05, 0) is 5.92 Å². The summed E-state index contributed by atoms with van der Waals surface area (Å²) in [6, 6.07) is 0. The van der Waals surface area contributed by atoms with E-state index in [1.54, 1.807) is 32.8 Å². The number of aromatic nitrogens is 2. The predicted molar refractivity (Wildman–Crippen MR) is 64.8 cm³/mol. The van der Waals surface area contributed by atoms with Crippen LogP contribution in [-0.2, 0) is 6.18 Å². The third kappa shape index (κ3) is 3.84. The molecular weight excluding hydrogens is 259 g/mol. The van der Waals surface area contributed by atoms with E-state index < -0.39 is 17.8 Å². The summed E-state index contributed by atoms with van der Waals surface area (Å²) < 4.78 is 37.8. The summed E-state index contributed by atoms with van der Waals surface area (Å²) in [5.74, 6) is -1.95. The zero-order valence-corrected chi connectivity index (χ0v) is 11.2. The van der Waals surface area contributed by atoms with Gasteiger partial charge in [0.25, 0.3) is 0 Å². The first-order chi connectivity index (χ1) is 8.62. The maximum Gasteiger partial charge on any atom is 0.449 e. The highest BCUT2D eigenvalue weighted by Gasteiger charge is 2.36. The Bertz CT molecular complexity index is 487. The van der Waals surface area contributed by atoms with Gasteiger partial charge in [-0.2, -0.15) is 13.2 Å². The third-order valence-electron chi connectivity index (χ3n) is 2.34. The largest absolute Gasteiger partial charge is 0.449 e. The maximum atomic E-state index is 12.6. The van der Waals surface area contributed by atoms with Crippen molar-refractivity contribution >= 4 is 5.78 Å². The molecule has 0 bridgehead atoms. The minimum atomic E-state index is -4.59. The molecule has 0 aromatic carbocycles. The number of allylic oxidation sites excluding steroid dienone is 1. The molecule has 0 amide bonds. The molecule has 0 atom stereocenters. The van der Waals surface area contributed by atoms with Crippen LogP contribution in [-0.4, -0.2) is 34.7 Å². The van der Waals surface area contributed by atoms with Crippen molar-refractivity contribution in [1.29, 1.82) is 0 Å². The molecule has 7 heteroatoms. The Morgan fingerprint density at radius 1 is 1.37 bits per heavy atom. The van der Waals surface area contributed by atoms with E-state index in [4.69, 9.17) is 0 Å². The van der Waals surface area contributed by atoms with Crippen molar-refractivity contribution in [2.75, 3.05) is 14.1 Å². The van der Waals surface area contributed by atoms with Crippen LogP contribution in [0.2, 0.25) is 0 Å². The van der Waals surface area contributed by atoms with Crippen LogP contribution in [0.5, 0.6) is 0 Å². The average Bonchev–Trinajstić information content (AvgIpc) is 2.70. The molecule has 1 aromatic rings. The first-order valence-corrected chi connectivity index (χ1v) is 5.69. The Hall–Kier alpha value is -1.79. The van der Waals surface area contributed by atoms with Crippen LogP contribution in [0.3, 0.4) is 0 Å². The molecule has 19 heavy (non-hydrogen) atoms. The fourth-order valence-electron chi connectivity index (χ4n) is 1.42. The summed E-state index contributed by atoms with van der Waals surface area (Å²) in [7, 11) is 3.41. The Morgan fingerprint density at radius 3 is 2.37 bits per heavy atom. The molecule has 1 rings (SSSR count). The molecule has 0 aliphatic rings. The number of H-pyrrole nitrogens is 1. The van der Waals surface area contributed by atoms with E-state index in [9.17, 15) is 18.0 Å². The molecule has 1 N–H and O–H groups in total. The lowest BCUT2D eigenvalue weighted by Gasteiger charge is -2.04. The molecule has 0 fully saturated rings. The fourth-order valence-corrected chi connectivity index (χ4v) is 1.42. The van der Waals surface area contributed by atoms with Crippen LogP contribution in [0.25, 0.3) is 0 Å². The zero-order chi connectivity index (χ0) is 14.8. The van der Waals surface area contributed by atoms with Crippen molar-refractivity contribution in [2.45, 2.75) is 25.9 Å². The SMILES string of the molecule is CC(C)c1[nH]c(C(F)(F)F)nc1C(=O)C=CN(C)C. The highest BCUT2D eigenvalue weighted by Crippen LogP contribution is 2.29. The molecule has 0 aliphatic heterocycles. The zero-order valence-electron chi connectivity index (χ0n) is 11.2. The fraction of sp³-hybridized carbons (Fsp3) is 0.500. The predicted octanol–water partition coefficient (Wildman–Crippen LogP) is 2.81. The van der Waals surface area contributed by atoms with Crippen molar-refractivity contribution in [2.24, 2.45) is 0 Å². The third-order valence-corrected chi connectivity index (χ3v) is 2.34. The van der Waals surface area contributed by atoms with Gasteiger partial charge in [-0.3, -0.25) is 4.79 Å². The summed E-state index contributed by atoms with van der Waals surface area (Å²) in [5.41, 5.74) is 0.0150. The molecule has 0 unspecified atom stereocenters. The number of rotatable bonds is 4. The van der Waals surface area contributed by atoms with E-state index in [1.165, 1.54) is 12.3 Å². The van der Waals surface area contributed by atoms with Gasteiger partial charge in [0.05, 0.1) is 0 Å². The molecule has 106 valence electrons. The van der Waals surface area contributed by atoms with Crippen molar-refractivity contribution in [3.05, 3.63) is 29.5 Å². The van der Waals surface area contributed by atoms with E-state index in [-0.39, 0.29) is 17.3 Å². The topological polar surface area (TPSA) is 49.0 Å². The number of carbonyl (C=O) groups is 1. The van der Waals surface area contributed by atoms with Crippen LogP contribution in [0.15, 0.2) is 12.3 Å². The first kappa shape index (κ1) is 15.3. The summed E-state index contributed by atoms with van der Waals surface area (Å²) in [6.45, 7) is 3.39. The second-order valence-corrected chi connectivity index (χ2v) is 4.64. The number of aromatic amines is 1. The molecule has 0 saturated carbocycles. The Balaban J connectivity index is 3.19. The lowest BCUT2D eigenvalue weighted by molar-refractivity contribution is -0.144. The number of carbonyl (C=O) groups excluding carboxylic acids is 1. The van der Waals surface area contributed by atoms with Gasteiger partial charge in [-0.1, -0.05) is 13.8 Å². The van der Waals surface area contributed by atoms with Gasteiger partial charge in [0, 0.05) is 32.1 Å². The normalized spacial score (nSPS) is 12.4. The van der Waals surface area contributed by atoms with E-state index in [0.717, 1.165) is 0 Å². The Morgan fingerprint density at radius 2 is 1.95 bits per heavy atom. The highest BCUT2D eigenvalue weighted by atomic mass is 19.4. The van der Waals surface area contributed by atoms with Crippen LogP contribution >= 0.6 is 0 Å². The van der Waals surface area contributed by atoms with Crippen LogP contribution in [0, 0.1) is 0 Å². The van der Waals surface area contributed by atoms with Gasteiger partial charge < -0.3 is 9.88 Å². The number of hydrogen-bond donors (Lipinski definition) is 1. The average molecular weight is 275 g/mol. The monoisotopic (exact) mass is 275 g/mol. The number of nitrogens with one attached hydrogen (secondary N) is 1. The van der Waals surface area contributed by atoms with Gasteiger partial charge in [0.2, 0.25) is 11.6 Å². The molecular formula is C12H16F3N3O. The van der Waals surface area contributed by atoms with Gasteiger partial charge in [0.15, 0.2) is 0 Å². The minimum Gasteiger partial charge on any atom is -0.383 e. The smallest absolute Gasteiger partial charge is 0.383 e. The molecule has 4 nitrogen and oxygen atoms in total. The summed E-state index contributed by atoms with van der Waals surface area (Å²) in [6.07, 6.45) is -1.93. The van der Waals surface area contributed by atoms with Gasteiger partial charge in [-0.25, -0.2) is 4.98 Å². The van der Waals surface area contributed by atoms with Crippen molar-refractivity contribution in [3.63, 3.8) is 0 Å². The maximum absolute atomic E-state index is 12.6. The number of hydrogen-bond acceptors (Lipinski definition) is 3. The molecule has 0 spiro atoms. The van der Waals surface area contributed by atoms with Gasteiger partial charge in [0.1, 0.15) is 5.69 Å². The molecule has 0 radical (unpaired) electrons. The van der Waals surface area contributed by atoms with Crippen LogP contribution < -0.4 is 0 Å². The number of ketones is 1. The van der Waals surface area contributed by atoms with E-state index >= 15 is 0 Å². The number of halogens is 3. The van der Waals surface area contributed by atoms with Crippen molar-refractivity contribution < 1.29 is 18.0 Å². The Kier molecular flexibility index (Phi) is 4.39. The molecule has 0 saturated heterocycles. The van der Waals surface area contributed by atoms with Crippen molar-refractivity contribution in [1.82, 2.24) is 14.9 Å². The van der Waals surface area contributed by atoms with E-state index in [2.05, 4.69) is 9.97 Å². The highest BCUT2D eigenvalue weighted by molar-refractivity contribution is 6.04. The minimum absolute atomic E-state index is 0.180. The second-order valence-electron chi connectivity index (χ2n) is 4.64. The quantitative estimate of drug-likeness (QED) is 0.679. The van der Waals surface area contributed by atoms with Crippen LogP contribution in [0.4, 0.5) is 13.2 Å². The van der Waals surface area contributed by atoms with Gasteiger partial charge in [-0.15, -0.1) is 0 Å². The lowest BCUT2D eigenvalue weighted by Crippen LogP contribution is -2.08. The summed E-state index contributed by atoms with van der Waals surface area (Å²) >= 11 is 0. The summed E-state index contributed by atoms with van der Waals surface area (Å²) in [4.78, 5) is 19.0. The van der Waals surface area contributed by atoms with Crippen LogP contribution in [0.1, 0.15) is 41.8 Å². The molecule has 1 aromatic heterocycles. The molecule has 0 aliphatic carbocycles. The van der Waals surface area contributed by atoms with E-state index in [0.29, 0.717) is 0 Å². The van der Waals surface area contributed by atoms with Crippen molar-refractivity contribution in [3.8, 4) is 0 Å². The second kappa shape index (κ2) is 5.46. The van der Waals surface area contributed by atoms with Gasteiger partial charge >= 0.3 is 6.18 Å². The standard InChI is InChI=1S/C12H16F3N3O/c1-7(2)9-10(8(19)5-6-18(3)4)17-11(16-9)12(13,14)15/h5-7H,1-4H3,(H,16,17). The van der Waals surface area contributed by atoms with E-state index in [1.807, 2.05) is 0 Å².